The molecule has 196 valence electrons. The molecule has 3 aromatic heterocycles. The molecule has 0 unspecified atom stereocenters. The Kier molecular flexibility index (Phi) is 7.87. The molecule has 0 amide bonds. The molecule has 2 N–H and O–H groups in total. The number of ether oxygens (including phenoxy) is 1. The predicted molar refractivity (Wildman–Crippen MR) is 153 cm³/mol. The van der Waals surface area contributed by atoms with Crippen LogP contribution in [-0.4, -0.2) is 75.9 Å². The van der Waals surface area contributed by atoms with Crippen LogP contribution in [0, 0.1) is 0 Å². The van der Waals surface area contributed by atoms with Gasteiger partial charge in [0.2, 0.25) is 5.95 Å². The van der Waals surface area contributed by atoms with E-state index in [0.717, 1.165) is 67.7 Å². The van der Waals surface area contributed by atoms with E-state index in [1.807, 2.05) is 10.9 Å². The fraction of sp³-hybridized carbons (Fsp3) is 0.444. The topological polar surface area (TPSA) is 83.4 Å². The first kappa shape index (κ1) is 25.4. The Balaban J connectivity index is 1.40. The summed E-state index contributed by atoms with van der Waals surface area (Å²) < 4.78 is 7.49. The van der Waals surface area contributed by atoms with Gasteiger partial charge in [-0.15, -0.1) is 0 Å². The summed E-state index contributed by atoms with van der Waals surface area (Å²) >= 11 is 1.65. The summed E-state index contributed by atoms with van der Waals surface area (Å²) in [5.41, 5.74) is 4.72. The third kappa shape index (κ3) is 5.87. The fourth-order valence-corrected chi connectivity index (χ4v) is 5.41. The highest BCUT2D eigenvalue weighted by atomic mass is 32.1. The quantitative estimate of drug-likeness (QED) is 0.303. The smallest absolute Gasteiger partial charge is 0.231 e. The summed E-state index contributed by atoms with van der Waals surface area (Å²) in [6, 6.07) is 11.4. The number of thiophene rings is 1. The minimum absolute atomic E-state index is 0.475. The average molecular weight is 521 g/mol. The van der Waals surface area contributed by atoms with Gasteiger partial charge in [0.25, 0.3) is 0 Å². The van der Waals surface area contributed by atoms with Gasteiger partial charge in [0, 0.05) is 55.0 Å². The van der Waals surface area contributed by atoms with Gasteiger partial charge in [0.15, 0.2) is 17.0 Å². The highest BCUT2D eigenvalue weighted by Crippen LogP contribution is 2.27. The van der Waals surface area contributed by atoms with Crippen LogP contribution in [0.1, 0.15) is 27.7 Å². The molecule has 1 saturated heterocycles. The number of imidazole rings is 1. The maximum atomic E-state index is 5.48. The monoisotopic (exact) mass is 520 g/mol. The van der Waals surface area contributed by atoms with Gasteiger partial charge in [-0.05, 0) is 63.4 Å². The van der Waals surface area contributed by atoms with Crippen molar-refractivity contribution in [2.45, 2.75) is 39.8 Å². The van der Waals surface area contributed by atoms with Crippen LogP contribution in [-0.2, 0) is 4.74 Å². The van der Waals surface area contributed by atoms with Gasteiger partial charge in [-0.2, -0.15) is 21.3 Å². The van der Waals surface area contributed by atoms with E-state index in [-0.39, 0.29) is 0 Å². The Labute approximate surface area is 222 Å². The van der Waals surface area contributed by atoms with Crippen molar-refractivity contribution < 1.29 is 4.74 Å². The minimum atomic E-state index is 0.475. The first-order valence-electron chi connectivity index (χ1n) is 13.0. The van der Waals surface area contributed by atoms with E-state index < -0.39 is 0 Å². The standard InChI is InChI=1S/C27H36N8OS/c1-19(2)34(20(3)4)11-10-28-25-24-26(35(18-29-24)23-9-16-37-17-23)32-27(31-25)30-21-5-7-22(8-6-21)33-12-14-36-15-13-33/h5-9,16-20H,10-15H2,1-4H3,(H2,28,30,31,32). The van der Waals surface area contributed by atoms with Gasteiger partial charge in [0.05, 0.1) is 18.9 Å². The van der Waals surface area contributed by atoms with E-state index in [1.165, 1.54) is 5.69 Å². The SMILES string of the molecule is CC(C)N(CCNc1nc(Nc2ccc(N3CCOCC3)cc2)nc2c1ncn2-c1ccsc1)C(C)C. The predicted octanol–water partition coefficient (Wildman–Crippen LogP) is 4.99. The zero-order valence-electron chi connectivity index (χ0n) is 22.0. The Bertz CT molecular complexity index is 1270. The Hall–Kier alpha value is -3.21. The largest absolute Gasteiger partial charge is 0.378 e. The van der Waals surface area contributed by atoms with Crippen LogP contribution >= 0.6 is 11.3 Å². The number of benzene rings is 1. The van der Waals surface area contributed by atoms with Crippen molar-refractivity contribution in [2.24, 2.45) is 0 Å². The molecule has 0 radical (unpaired) electrons. The van der Waals surface area contributed by atoms with Crippen molar-refractivity contribution in [3.05, 3.63) is 47.4 Å². The highest BCUT2D eigenvalue weighted by Gasteiger charge is 2.17. The lowest BCUT2D eigenvalue weighted by molar-refractivity contribution is 0.122. The lowest BCUT2D eigenvalue weighted by Gasteiger charge is -2.30. The molecule has 1 aromatic carbocycles. The Morgan fingerprint density at radius 3 is 2.43 bits per heavy atom. The molecule has 0 bridgehead atoms. The maximum absolute atomic E-state index is 5.48. The minimum Gasteiger partial charge on any atom is -0.378 e. The molecule has 5 rings (SSSR count). The lowest BCUT2D eigenvalue weighted by atomic mass is 10.2. The number of anilines is 4. The summed E-state index contributed by atoms with van der Waals surface area (Å²) in [7, 11) is 0. The van der Waals surface area contributed by atoms with Crippen LogP contribution in [0.5, 0.6) is 0 Å². The first-order valence-corrected chi connectivity index (χ1v) is 13.9. The highest BCUT2D eigenvalue weighted by molar-refractivity contribution is 7.08. The van der Waals surface area contributed by atoms with Crippen molar-refractivity contribution in [1.29, 1.82) is 0 Å². The van der Waals surface area contributed by atoms with Gasteiger partial charge < -0.3 is 20.3 Å². The second-order valence-corrected chi connectivity index (χ2v) is 10.6. The first-order chi connectivity index (χ1) is 18.0. The summed E-state index contributed by atoms with van der Waals surface area (Å²) in [5.74, 6) is 1.27. The average Bonchev–Trinajstić information content (AvgIpc) is 3.57. The number of nitrogens with one attached hydrogen (secondary N) is 2. The number of hydrogen-bond acceptors (Lipinski definition) is 9. The third-order valence-corrected chi connectivity index (χ3v) is 7.34. The van der Waals surface area contributed by atoms with Crippen LogP contribution < -0.4 is 15.5 Å². The van der Waals surface area contributed by atoms with Crippen LogP contribution in [0.15, 0.2) is 47.4 Å². The third-order valence-electron chi connectivity index (χ3n) is 6.67. The molecule has 10 heteroatoms. The summed E-state index contributed by atoms with van der Waals surface area (Å²) in [4.78, 5) is 19.2. The van der Waals surface area contributed by atoms with Gasteiger partial charge in [0.1, 0.15) is 6.33 Å². The van der Waals surface area contributed by atoms with E-state index in [2.05, 4.69) is 94.2 Å². The van der Waals surface area contributed by atoms with Crippen molar-refractivity contribution >= 4 is 45.6 Å². The van der Waals surface area contributed by atoms with Gasteiger partial charge in [-0.25, -0.2) is 4.98 Å². The van der Waals surface area contributed by atoms with Crippen LogP contribution in [0.25, 0.3) is 16.9 Å². The molecular weight excluding hydrogens is 484 g/mol. The number of hydrogen-bond donors (Lipinski definition) is 2. The van der Waals surface area contributed by atoms with E-state index in [4.69, 9.17) is 14.7 Å². The van der Waals surface area contributed by atoms with Crippen molar-refractivity contribution in [1.82, 2.24) is 24.4 Å². The maximum Gasteiger partial charge on any atom is 0.231 e. The van der Waals surface area contributed by atoms with E-state index in [9.17, 15) is 0 Å². The van der Waals surface area contributed by atoms with Gasteiger partial charge in [-0.1, -0.05) is 0 Å². The van der Waals surface area contributed by atoms with Crippen molar-refractivity contribution in [3.8, 4) is 5.69 Å². The zero-order chi connectivity index (χ0) is 25.8. The molecule has 0 spiro atoms. The second-order valence-electron chi connectivity index (χ2n) is 9.79. The molecule has 1 fully saturated rings. The number of morpholine rings is 1. The van der Waals surface area contributed by atoms with Crippen molar-refractivity contribution in [2.75, 3.05) is 54.9 Å². The molecule has 4 heterocycles. The van der Waals surface area contributed by atoms with E-state index >= 15 is 0 Å². The molecular formula is C27H36N8OS. The molecule has 0 atom stereocenters. The normalized spacial score (nSPS) is 14.3. The van der Waals surface area contributed by atoms with Crippen LogP contribution in [0.4, 0.5) is 23.1 Å². The molecule has 1 aliphatic heterocycles. The number of nitrogens with zero attached hydrogens (tertiary/aromatic N) is 6. The number of rotatable bonds is 10. The lowest BCUT2D eigenvalue weighted by Crippen LogP contribution is -2.40. The Morgan fingerprint density at radius 2 is 1.76 bits per heavy atom. The summed E-state index contributed by atoms with van der Waals surface area (Å²) in [6.45, 7) is 14.0. The molecule has 37 heavy (non-hydrogen) atoms. The molecule has 9 nitrogen and oxygen atoms in total. The Morgan fingerprint density at radius 1 is 1.00 bits per heavy atom. The van der Waals surface area contributed by atoms with E-state index in [1.54, 1.807) is 11.3 Å². The fourth-order valence-electron chi connectivity index (χ4n) is 4.78. The molecule has 0 saturated carbocycles. The summed E-state index contributed by atoms with van der Waals surface area (Å²) in [5, 5.41) is 11.1. The second kappa shape index (κ2) is 11.5. The number of aromatic nitrogens is 4. The molecule has 4 aromatic rings. The molecule has 0 aliphatic carbocycles. The summed E-state index contributed by atoms with van der Waals surface area (Å²) in [6.07, 6.45) is 1.82. The zero-order valence-corrected chi connectivity index (χ0v) is 22.8. The number of fused-ring (bicyclic) bond motifs is 1. The van der Waals surface area contributed by atoms with E-state index in [0.29, 0.717) is 18.0 Å². The van der Waals surface area contributed by atoms with Gasteiger partial charge >= 0.3 is 0 Å². The van der Waals surface area contributed by atoms with Crippen LogP contribution in [0.2, 0.25) is 0 Å². The molecule has 1 aliphatic rings. The van der Waals surface area contributed by atoms with Gasteiger partial charge in [-0.3, -0.25) is 9.47 Å². The van der Waals surface area contributed by atoms with Crippen molar-refractivity contribution in [3.63, 3.8) is 0 Å². The van der Waals surface area contributed by atoms with Crippen LogP contribution in [0.3, 0.4) is 0 Å².